The van der Waals surface area contributed by atoms with Gasteiger partial charge in [-0.1, -0.05) is 0 Å². The maximum absolute atomic E-state index is 13.1. The summed E-state index contributed by atoms with van der Waals surface area (Å²) in [5.74, 6) is -0.433. The van der Waals surface area contributed by atoms with Crippen LogP contribution in [0.5, 0.6) is 0 Å². The van der Waals surface area contributed by atoms with Crippen molar-refractivity contribution >= 4 is 23.7 Å². The van der Waals surface area contributed by atoms with E-state index in [2.05, 4.69) is 10.6 Å². The molecule has 2 aliphatic rings. The number of rotatable bonds is 5. The number of carbonyl (C=O) groups excluding carboxylic acids is 4. The molecule has 29 heavy (non-hydrogen) atoms. The first kappa shape index (κ1) is 23.1. The first-order valence-electron chi connectivity index (χ1n) is 9.94. The lowest BCUT2D eigenvalue weighted by atomic mass is 9.83. The van der Waals surface area contributed by atoms with Crippen molar-refractivity contribution in [2.24, 2.45) is 0 Å². The summed E-state index contributed by atoms with van der Waals surface area (Å²) < 4.78 is 5.19. The molecule has 1 saturated heterocycles. The number of ether oxygens (including phenoxy) is 1. The zero-order chi connectivity index (χ0) is 21.9. The van der Waals surface area contributed by atoms with E-state index < -0.39 is 28.8 Å². The second-order valence-corrected chi connectivity index (χ2v) is 9.00. The number of hydrogen-bond acceptors (Lipinski definition) is 7. The number of hydrogen-bond donors (Lipinski definition) is 4. The summed E-state index contributed by atoms with van der Waals surface area (Å²) >= 11 is 0. The fourth-order valence-corrected chi connectivity index (χ4v) is 3.86. The number of urea groups is 1. The van der Waals surface area contributed by atoms with E-state index in [1.165, 1.54) is 4.90 Å². The molecule has 2 rings (SSSR count). The molecule has 1 heterocycles. The van der Waals surface area contributed by atoms with Crippen LogP contribution >= 0.6 is 0 Å². The van der Waals surface area contributed by atoms with Gasteiger partial charge in [0.05, 0.1) is 5.54 Å². The van der Waals surface area contributed by atoms with E-state index in [1.54, 1.807) is 27.7 Å². The molecule has 1 saturated carbocycles. The van der Waals surface area contributed by atoms with Gasteiger partial charge in [0, 0.05) is 32.5 Å². The van der Waals surface area contributed by atoms with Crippen molar-refractivity contribution in [3.63, 3.8) is 0 Å². The average Bonchev–Trinajstić information content (AvgIpc) is 2.88. The molecule has 2 fully saturated rings. The number of piperidine rings is 1. The molecule has 0 unspecified atom stereocenters. The SMILES string of the molecule is CC(C)(C)OC(=O)NC[C@](C)(CNO)NC(=O)N1CCCCC12C(=O)CCC2=O. The Bertz CT molecular complexity index is 658. The second-order valence-electron chi connectivity index (χ2n) is 9.00. The van der Waals surface area contributed by atoms with Gasteiger partial charge >= 0.3 is 12.1 Å². The van der Waals surface area contributed by atoms with Crippen LogP contribution in [0.1, 0.15) is 59.8 Å². The Labute approximate surface area is 170 Å². The normalized spacial score (nSPS) is 21.1. The van der Waals surface area contributed by atoms with Gasteiger partial charge in [0.2, 0.25) is 0 Å². The van der Waals surface area contributed by atoms with Gasteiger partial charge in [0.15, 0.2) is 17.1 Å². The van der Waals surface area contributed by atoms with Gasteiger partial charge in [0.25, 0.3) is 0 Å². The number of nitrogens with one attached hydrogen (secondary N) is 3. The van der Waals surface area contributed by atoms with Crippen LogP contribution in [0.15, 0.2) is 0 Å². The highest BCUT2D eigenvalue weighted by Gasteiger charge is 2.56. The Morgan fingerprint density at radius 3 is 2.28 bits per heavy atom. The van der Waals surface area contributed by atoms with Gasteiger partial charge in [-0.3, -0.25) is 9.59 Å². The minimum absolute atomic E-state index is 0.0378. The number of Topliss-reactive ketones (excluding diaryl/α,β-unsaturated/α-hetero) is 2. The highest BCUT2D eigenvalue weighted by atomic mass is 16.6. The molecule has 3 amide bonds. The van der Waals surface area contributed by atoms with Gasteiger partial charge in [-0.25, -0.2) is 15.1 Å². The van der Waals surface area contributed by atoms with Crippen LogP contribution in [0.25, 0.3) is 0 Å². The molecule has 10 heteroatoms. The molecule has 1 aliphatic heterocycles. The predicted molar refractivity (Wildman–Crippen MR) is 103 cm³/mol. The van der Waals surface area contributed by atoms with Crippen LogP contribution < -0.4 is 16.1 Å². The smallest absolute Gasteiger partial charge is 0.407 e. The Balaban J connectivity index is 2.12. The number of alkyl carbamates (subject to hydrolysis) is 1. The first-order chi connectivity index (χ1) is 13.4. The third-order valence-electron chi connectivity index (χ3n) is 5.28. The Kier molecular flexibility index (Phi) is 6.89. The summed E-state index contributed by atoms with van der Waals surface area (Å²) in [7, 11) is 0. The monoisotopic (exact) mass is 412 g/mol. The summed E-state index contributed by atoms with van der Waals surface area (Å²) in [4.78, 5) is 51.5. The number of carbonyl (C=O) groups is 4. The second kappa shape index (κ2) is 8.66. The van der Waals surface area contributed by atoms with Crippen LogP contribution in [0.3, 0.4) is 0 Å². The van der Waals surface area contributed by atoms with Crippen molar-refractivity contribution in [2.75, 3.05) is 19.6 Å². The number of nitrogens with zero attached hydrogens (tertiary/aromatic N) is 1. The summed E-state index contributed by atoms with van der Waals surface area (Å²) in [5, 5.41) is 14.5. The van der Waals surface area contributed by atoms with Crippen molar-refractivity contribution in [3.8, 4) is 0 Å². The molecule has 0 aromatic heterocycles. The molecule has 1 aliphatic carbocycles. The molecule has 4 N–H and O–H groups in total. The van der Waals surface area contributed by atoms with Crippen molar-refractivity contribution in [3.05, 3.63) is 0 Å². The Morgan fingerprint density at radius 1 is 1.10 bits per heavy atom. The van der Waals surface area contributed by atoms with Crippen molar-refractivity contribution in [1.29, 1.82) is 0 Å². The molecular formula is C19H32N4O6. The quantitative estimate of drug-likeness (QED) is 0.392. The summed E-state index contributed by atoms with van der Waals surface area (Å²) in [6, 6.07) is -0.572. The summed E-state index contributed by atoms with van der Waals surface area (Å²) in [6.07, 6.45) is 1.38. The van der Waals surface area contributed by atoms with Crippen LogP contribution in [-0.2, 0) is 14.3 Å². The van der Waals surface area contributed by atoms with Crippen molar-refractivity contribution < 1.29 is 29.1 Å². The summed E-state index contributed by atoms with van der Waals surface area (Å²) in [6.45, 7) is 7.00. The van der Waals surface area contributed by atoms with Crippen LogP contribution in [0.4, 0.5) is 9.59 Å². The lowest BCUT2D eigenvalue weighted by Gasteiger charge is -2.44. The zero-order valence-electron chi connectivity index (χ0n) is 17.6. The molecule has 0 aromatic carbocycles. The van der Waals surface area contributed by atoms with Crippen molar-refractivity contribution in [1.82, 2.24) is 21.0 Å². The molecule has 164 valence electrons. The van der Waals surface area contributed by atoms with Crippen molar-refractivity contribution in [2.45, 2.75) is 76.5 Å². The lowest BCUT2D eigenvalue weighted by Crippen LogP contribution is -2.67. The summed E-state index contributed by atoms with van der Waals surface area (Å²) in [5.41, 5.74) is -1.14. The molecule has 0 bridgehead atoms. The highest BCUT2D eigenvalue weighted by Crippen LogP contribution is 2.37. The largest absolute Gasteiger partial charge is 0.444 e. The van der Waals surface area contributed by atoms with E-state index in [4.69, 9.17) is 4.74 Å². The molecule has 0 radical (unpaired) electrons. The minimum Gasteiger partial charge on any atom is -0.444 e. The molecular weight excluding hydrogens is 380 g/mol. The molecule has 0 aromatic rings. The molecule has 1 spiro atoms. The number of ketones is 2. The van der Waals surface area contributed by atoms with E-state index in [9.17, 15) is 24.4 Å². The first-order valence-corrected chi connectivity index (χ1v) is 9.94. The Hall–Kier alpha value is -2.20. The van der Waals surface area contributed by atoms with E-state index in [0.717, 1.165) is 0 Å². The minimum atomic E-state index is -1.38. The lowest BCUT2D eigenvalue weighted by molar-refractivity contribution is -0.138. The maximum atomic E-state index is 13.1. The average molecular weight is 412 g/mol. The van der Waals surface area contributed by atoms with E-state index in [-0.39, 0.29) is 37.5 Å². The number of likely N-dealkylation sites (tertiary alicyclic amines) is 1. The van der Waals surface area contributed by atoms with Gasteiger partial charge < -0.3 is 25.5 Å². The maximum Gasteiger partial charge on any atom is 0.407 e. The van der Waals surface area contributed by atoms with Crippen LogP contribution in [0.2, 0.25) is 0 Å². The standard InChI is InChI=1S/C19H32N4O6/c1-17(2,3)29-16(27)20-11-18(4,12-21-28)22-15(26)23-10-6-5-9-19(23)13(24)7-8-14(19)25/h21,28H,5-12H2,1-4H3,(H,20,27)(H,22,26)/t18-/m1/s1. The van der Waals surface area contributed by atoms with Crippen LogP contribution in [-0.4, -0.2) is 70.1 Å². The third-order valence-corrected chi connectivity index (χ3v) is 5.28. The van der Waals surface area contributed by atoms with E-state index in [1.807, 2.05) is 5.48 Å². The van der Waals surface area contributed by atoms with E-state index >= 15 is 0 Å². The Morgan fingerprint density at radius 2 is 1.72 bits per heavy atom. The third kappa shape index (κ3) is 5.24. The highest BCUT2D eigenvalue weighted by molar-refractivity contribution is 6.18. The molecule has 1 atom stereocenters. The van der Waals surface area contributed by atoms with Gasteiger partial charge in [-0.2, -0.15) is 0 Å². The van der Waals surface area contributed by atoms with E-state index in [0.29, 0.717) is 25.8 Å². The fraction of sp³-hybridized carbons (Fsp3) is 0.789. The number of amides is 3. The topological polar surface area (TPSA) is 137 Å². The van der Waals surface area contributed by atoms with Crippen LogP contribution in [0, 0.1) is 0 Å². The fourth-order valence-electron chi connectivity index (χ4n) is 3.86. The molecule has 10 nitrogen and oxygen atoms in total. The van der Waals surface area contributed by atoms with Gasteiger partial charge in [-0.05, 0) is 47.0 Å². The zero-order valence-corrected chi connectivity index (χ0v) is 17.6. The number of hydroxylamine groups is 1. The van der Waals surface area contributed by atoms with Gasteiger partial charge in [0.1, 0.15) is 5.60 Å². The predicted octanol–water partition coefficient (Wildman–Crippen LogP) is 1.11. The van der Waals surface area contributed by atoms with Gasteiger partial charge in [-0.15, -0.1) is 0 Å².